The van der Waals surface area contributed by atoms with Crippen molar-refractivity contribution in [2.75, 3.05) is 27.4 Å². The number of carbonyl (C=O) groups is 1. The molecule has 1 aromatic rings. The zero-order chi connectivity index (χ0) is 13.2. The van der Waals surface area contributed by atoms with Gasteiger partial charge < -0.3 is 20.1 Å². The lowest BCUT2D eigenvalue weighted by atomic mass is 10.1. The molecule has 1 aromatic carbocycles. The summed E-state index contributed by atoms with van der Waals surface area (Å²) in [7, 11) is 3.26. The van der Waals surface area contributed by atoms with E-state index in [-0.39, 0.29) is 6.03 Å². The molecule has 0 atom stereocenters. The third kappa shape index (κ3) is 5.65. The van der Waals surface area contributed by atoms with Crippen LogP contribution in [0.2, 0.25) is 0 Å². The zero-order valence-corrected chi connectivity index (χ0v) is 10.9. The predicted molar refractivity (Wildman–Crippen MR) is 69.3 cm³/mol. The molecule has 0 saturated carbocycles. The van der Waals surface area contributed by atoms with E-state index >= 15 is 0 Å². The summed E-state index contributed by atoms with van der Waals surface area (Å²) in [6.07, 6.45) is 0. The minimum absolute atomic E-state index is 0.187. The molecule has 0 bridgehead atoms. The Morgan fingerprint density at radius 3 is 2.33 bits per heavy atom. The van der Waals surface area contributed by atoms with Crippen LogP contribution in [0.25, 0.3) is 0 Å². The summed E-state index contributed by atoms with van der Waals surface area (Å²) in [5.41, 5.74) is 2.17. The largest absolute Gasteiger partial charge is 0.383 e. The van der Waals surface area contributed by atoms with E-state index in [1.54, 1.807) is 14.2 Å². The van der Waals surface area contributed by atoms with Crippen LogP contribution >= 0.6 is 0 Å². The fraction of sp³-hybridized carbons (Fsp3) is 0.462. The highest BCUT2D eigenvalue weighted by atomic mass is 16.5. The Hall–Kier alpha value is -1.59. The van der Waals surface area contributed by atoms with Gasteiger partial charge in [0.25, 0.3) is 0 Å². The van der Waals surface area contributed by atoms with E-state index in [1.165, 1.54) is 0 Å². The van der Waals surface area contributed by atoms with Gasteiger partial charge in [-0.2, -0.15) is 0 Å². The molecule has 0 radical (unpaired) electrons. The number of rotatable bonds is 7. The highest BCUT2D eigenvalue weighted by Crippen LogP contribution is 2.05. The van der Waals surface area contributed by atoms with E-state index in [0.717, 1.165) is 11.1 Å². The molecule has 2 amide bonds. The van der Waals surface area contributed by atoms with Gasteiger partial charge in [-0.05, 0) is 11.1 Å². The van der Waals surface area contributed by atoms with Crippen molar-refractivity contribution in [3.63, 3.8) is 0 Å². The zero-order valence-electron chi connectivity index (χ0n) is 10.9. The molecule has 0 aliphatic rings. The van der Waals surface area contributed by atoms with Gasteiger partial charge in [0, 0.05) is 27.3 Å². The average Bonchev–Trinajstić information content (AvgIpc) is 2.39. The van der Waals surface area contributed by atoms with Gasteiger partial charge in [0.05, 0.1) is 13.2 Å². The van der Waals surface area contributed by atoms with Gasteiger partial charge in [-0.25, -0.2) is 4.79 Å². The number of ether oxygens (including phenoxy) is 2. The molecular formula is C13H20N2O3. The van der Waals surface area contributed by atoms with E-state index < -0.39 is 0 Å². The van der Waals surface area contributed by atoms with Gasteiger partial charge in [-0.1, -0.05) is 24.3 Å². The molecule has 0 heterocycles. The first-order valence-corrected chi connectivity index (χ1v) is 5.83. The normalized spacial score (nSPS) is 10.1. The lowest BCUT2D eigenvalue weighted by Gasteiger charge is -2.07. The molecule has 5 heteroatoms. The summed E-state index contributed by atoms with van der Waals surface area (Å²) in [6.45, 7) is 2.13. The second-order valence-corrected chi connectivity index (χ2v) is 3.85. The second-order valence-electron chi connectivity index (χ2n) is 3.85. The van der Waals surface area contributed by atoms with Crippen LogP contribution in [0.5, 0.6) is 0 Å². The summed E-state index contributed by atoms with van der Waals surface area (Å²) < 4.78 is 9.87. The Bertz CT molecular complexity index is 352. The Kier molecular flexibility index (Phi) is 6.83. The number of hydrogen-bond donors (Lipinski definition) is 2. The van der Waals surface area contributed by atoms with Gasteiger partial charge in [0.1, 0.15) is 0 Å². The van der Waals surface area contributed by atoms with Crippen molar-refractivity contribution < 1.29 is 14.3 Å². The first kappa shape index (κ1) is 14.5. The number of nitrogens with one attached hydrogen (secondary N) is 2. The second kappa shape index (κ2) is 8.49. The number of amides is 2. The third-order valence-electron chi connectivity index (χ3n) is 2.38. The van der Waals surface area contributed by atoms with Crippen molar-refractivity contribution in [3.05, 3.63) is 35.4 Å². The quantitative estimate of drug-likeness (QED) is 0.719. The monoisotopic (exact) mass is 252 g/mol. The van der Waals surface area contributed by atoms with Crippen LogP contribution in [0, 0.1) is 0 Å². The van der Waals surface area contributed by atoms with Crippen LogP contribution < -0.4 is 10.6 Å². The van der Waals surface area contributed by atoms with Crippen molar-refractivity contribution in [1.29, 1.82) is 0 Å². The summed E-state index contributed by atoms with van der Waals surface area (Å²) in [5.74, 6) is 0. The van der Waals surface area contributed by atoms with Gasteiger partial charge in [-0.15, -0.1) is 0 Å². The first-order chi connectivity index (χ1) is 8.76. The maximum Gasteiger partial charge on any atom is 0.315 e. The van der Waals surface area contributed by atoms with E-state index in [2.05, 4.69) is 10.6 Å². The van der Waals surface area contributed by atoms with Gasteiger partial charge in [0.15, 0.2) is 0 Å². The Balaban J connectivity index is 2.27. The minimum Gasteiger partial charge on any atom is -0.383 e. The first-order valence-electron chi connectivity index (χ1n) is 5.83. The predicted octanol–water partition coefficient (Wildman–Crippen LogP) is 1.28. The fourth-order valence-corrected chi connectivity index (χ4v) is 1.43. The number of urea groups is 1. The van der Waals surface area contributed by atoms with E-state index in [4.69, 9.17) is 9.47 Å². The summed E-state index contributed by atoms with van der Waals surface area (Å²) in [6, 6.07) is 7.74. The van der Waals surface area contributed by atoms with Gasteiger partial charge in [0.2, 0.25) is 0 Å². The molecule has 2 N–H and O–H groups in total. The van der Waals surface area contributed by atoms with Gasteiger partial charge in [-0.3, -0.25) is 0 Å². The van der Waals surface area contributed by atoms with E-state index in [1.807, 2.05) is 24.3 Å². The number of benzene rings is 1. The van der Waals surface area contributed by atoms with Crippen LogP contribution in [0.15, 0.2) is 24.3 Å². The Morgan fingerprint density at radius 1 is 1.06 bits per heavy atom. The molecule has 100 valence electrons. The lowest BCUT2D eigenvalue weighted by Crippen LogP contribution is -2.36. The molecule has 0 aliphatic carbocycles. The molecule has 1 rings (SSSR count). The minimum atomic E-state index is -0.187. The van der Waals surface area contributed by atoms with Crippen LogP contribution in [-0.4, -0.2) is 33.4 Å². The standard InChI is InChI=1S/C13H20N2O3/c1-17-8-7-14-13(16)15-9-11-3-5-12(6-4-11)10-18-2/h3-6H,7-10H2,1-2H3,(H2,14,15,16). The number of carbonyl (C=O) groups excluding carboxylic acids is 1. The molecule has 0 spiro atoms. The third-order valence-corrected chi connectivity index (χ3v) is 2.38. The maximum atomic E-state index is 11.4. The average molecular weight is 252 g/mol. The van der Waals surface area contributed by atoms with Gasteiger partial charge >= 0.3 is 6.03 Å². The number of methoxy groups -OCH3 is 2. The maximum absolute atomic E-state index is 11.4. The SMILES string of the molecule is COCCNC(=O)NCc1ccc(COC)cc1. The molecule has 0 unspecified atom stereocenters. The molecule has 18 heavy (non-hydrogen) atoms. The molecule has 0 aliphatic heterocycles. The van der Waals surface area contributed by atoms with E-state index in [9.17, 15) is 4.79 Å². The smallest absolute Gasteiger partial charge is 0.315 e. The Labute approximate surface area is 107 Å². The molecule has 0 aromatic heterocycles. The molecule has 0 saturated heterocycles. The fourth-order valence-electron chi connectivity index (χ4n) is 1.43. The van der Waals surface area contributed by atoms with Crippen molar-refractivity contribution in [2.24, 2.45) is 0 Å². The summed E-state index contributed by atoms with van der Waals surface area (Å²) in [5, 5.41) is 5.46. The molecule has 0 fully saturated rings. The summed E-state index contributed by atoms with van der Waals surface area (Å²) in [4.78, 5) is 11.4. The molecular weight excluding hydrogens is 232 g/mol. The van der Waals surface area contributed by atoms with E-state index in [0.29, 0.717) is 26.3 Å². The van der Waals surface area contributed by atoms with Crippen LogP contribution in [0.3, 0.4) is 0 Å². The number of hydrogen-bond acceptors (Lipinski definition) is 3. The Morgan fingerprint density at radius 2 is 1.72 bits per heavy atom. The van der Waals surface area contributed by atoms with Crippen LogP contribution in [0.1, 0.15) is 11.1 Å². The highest BCUT2D eigenvalue weighted by molar-refractivity contribution is 5.73. The van der Waals surface area contributed by atoms with Crippen molar-refractivity contribution in [2.45, 2.75) is 13.2 Å². The van der Waals surface area contributed by atoms with Crippen molar-refractivity contribution >= 4 is 6.03 Å². The highest BCUT2D eigenvalue weighted by Gasteiger charge is 1.99. The topological polar surface area (TPSA) is 59.6 Å². The van der Waals surface area contributed by atoms with Crippen molar-refractivity contribution in [3.8, 4) is 0 Å². The lowest BCUT2D eigenvalue weighted by molar-refractivity contribution is 0.185. The van der Waals surface area contributed by atoms with Crippen LogP contribution in [-0.2, 0) is 22.6 Å². The van der Waals surface area contributed by atoms with Crippen molar-refractivity contribution in [1.82, 2.24) is 10.6 Å². The molecule has 5 nitrogen and oxygen atoms in total. The van der Waals surface area contributed by atoms with Crippen LogP contribution in [0.4, 0.5) is 4.79 Å². The summed E-state index contributed by atoms with van der Waals surface area (Å²) >= 11 is 0.